The molecule has 0 aliphatic heterocycles. The summed E-state index contributed by atoms with van der Waals surface area (Å²) in [5, 5.41) is 32.3. The van der Waals surface area contributed by atoms with E-state index < -0.39 is 0 Å². The molecule has 0 fully saturated rings. The van der Waals surface area contributed by atoms with E-state index >= 15 is 0 Å². The molecule has 0 atom stereocenters. The van der Waals surface area contributed by atoms with E-state index in [2.05, 4.69) is 218 Å². The van der Waals surface area contributed by atoms with Gasteiger partial charge in [-0.1, -0.05) is 194 Å². The Bertz CT molecular complexity index is 4280. The predicted molar refractivity (Wildman–Crippen MR) is 294 cm³/mol. The molecule has 0 heterocycles. The van der Waals surface area contributed by atoms with Crippen LogP contribution in [0.3, 0.4) is 0 Å². The summed E-state index contributed by atoms with van der Waals surface area (Å²) in [6, 6.07) is 82.8. The van der Waals surface area contributed by atoms with Crippen LogP contribution in [0.4, 0.5) is 0 Å². The smallest absolute Gasteiger partial charge is 0.000136 e. The first-order valence-electron chi connectivity index (χ1n) is 23.9. The van der Waals surface area contributed by atoms with E-state index in [-0.39, 0.29) is 0 Å². The third-order valence-corrected chi connectivity index (χ3v) is 16.1. The Balaban J connectivity index is 1.14. The van der Waals surface area contributed by atoms with Gasteiger partial charge in [-0.05, 0) is 198 Å². The molecule has 0 amide bonds. The zero-order chi connectivity index (χ0) is 43.9. The summed E-state index contributed by atoms with van der Waals surface area (Å²) in [6.07, 6.45) is 0. The van der Waals surface area contributed by atoms with E-state index in [0.717, 1.165) is 0 Å². The third-order valence-electron chi connectivity index (χ3n) is 16.1. The third kappa shape index (κ3) is 4.20. The Labute approximate surface area is 390 Å². The van der Waals surface area contributed by atoms with Gasteiger partial charge >= 0.3 is 0 Å². The highest BCUT2D eigenvalue weighted by molar-refractivity contribution is 6.56. The summed E-state index contributed by atoms with van der Waals surface area (Å²) in [5.74, 6) is 0. The van der Waals surface area contributed by atoms with Crippen LogP contribution >= 0.6 is 0 Å². The van der Waals surface area contributed by atoms with Crippen molar-refractivity contribution in [3.63, 3.8) is 0 Å². The van der Waals surface area contributed by atoms with Gasteiger partial charge in [0.15, 0.2) is 0 Å². The van der Waals surface area contributed by atoms with E-state index in [4.69, 9.17) is 0 Å². The fourth-order valence-electron chi connectivity index (χ4n) is 13.7. The van der Waals surface area contributed by atoms with Crippen molar-refractivity contribution in [3.05, 3.63) is 218 Å². The molecule has 0 aliphatic rings. The lowest BCUT2D eigenvalue weighted by Gasteiger charge is -2.21. The van der Waals surface area contributed by atoms with Crippen LogP contribution in [0, 0.1) is 0 Å². The maximum absolute atomic E-state index is 2.56. The molecule has 17 aromatic rings. The van der Waals surface area contributed by atoms with Gasteiger partial charge < -0.3 is 0 Å². The van der Waals surface area contributed by atoms with E-state index in [1.807, 2.05) is 0 Å². The second-order valence-electron chi connectivity index (χ2n) is 19.3. The number of rotatable bonds is 4. The molecule has 0 nitrogen and oxygen atoms in total. The molecule has 0 aromatic heterocycles. The highest BCUT2D eigenvalue weighted by atomic mass is 14.3. The summed E-state index contributed by atoms with van der Waals surface area (Å²) < 4.78 is 0. The van der Waals surface area contributed by atoms with Crippen LogP contribution in [0.5, 0.6) is 0 Å². The minimum atomic E-state index is 1.25. The maximum atomic E-state index is 2.56. The monoisotopic (exact) mass is 852 g/mol. The Kier molecular flexibility index (Phi) is 6.53. The van der Waals surface area contributed by atoms with E-state index in [0.29, 0.717) is 0 Å². The molecule has 68 heavy (non-hydrogen) atoms. The van der Waals surface area contributed by atoms with Gasteiger partial charge in [0.2, 0.25) is 0 Å². The molecule has 0 N–H and O–H groups in total. The van der Waals surface area contributed by atoms with E-state index in [9.17, 15) is 0 Å². The molecule has 0 radical (unpaired) electrons. The minimum absolute atomic E-state index is 1.25. The maximum Gasteiger partial charge on any atom is -0.000136 e. The number of benzene rings is 15. The summed E-state index contributed by atoms with van der Waals surface area (Å²) in [7, 11) is 0. The van der Waals surface area contributed by atoms with Crippen molar-refractivity contribution in [1.82, 2.24) is 0 Å². The van der Waals surface area contributed by atoms with Gasteiger partial charge in [0.1, 0.15) is 0 Å². The fourth-order valence-corrected chi connectivity index (χ4v) is 13.7. The lowest BCUT2D eigenvalue weighted by atomic mass is 9.81. The van der Waals surface area contributed by atoms with Crippen LogP contribution in [-0.2, 0) is 0 Å². The van der Waals surface area contributed by atoms with Crippen molar-refractivity contribution < 1.29 is 0 Å². The molecular formula is C68H36. The number of hydrogen-bond acceptors (Lipinski definition) is 0. The zero-order valence-electron chi connectivity index (χ0n) is 36.8. The predicted octanol–water partition coefficient (Wildman–Crippen LogP) is 19.4. The van der Waals surface area contributed by atoms with Gasteiger partial charge in [-0.15, -0.1) is 0 Å². The Morgan fingerprint density at radius 3 is 0.603 bits per heavy atom. The van der Waals surface area contributed by atoms with Gasteiger partial charge in [0, 0.05) is 0 Å². The molecule has 0 heteroatoms. The molecule has 0 bridgehead atoms. The van der Waals surface area contributed by atoms with Gasteiger partial charge in [-0.25, -0.2) is 0 Å². The van der Waals surface area contributed by atoms with Crippen molar-refractivity contribution in [2.24, 2.45) is 0 Å². The Morgan fingerprint density at radius 2 is 0.368 bits per heavy atom. The first kappa shape index (κ1) is 35.4. The van der Waals surface area contributed by atoms with E-state index in [1.165, 1.54) is 174 Å². The molecule has 0 saturated heterocycles. The first-order chi connectivity index (χ1) is 33.8. The van der Waals surface area contributed by atoms with E-state index in [1.54, 1.807) is 0 Å². The van der Waals surface area contributed by atoms with Crippen molar-refractivity contribution in [1.29, 1.82) is 0 Å². The fraction of sp³-hybridized carbons (Fsp3) is 0. The Hall–Kier alpha value is -8.84. The molecule has 308 valence electrons. The van der Waals surface area contributed by atoms with Crippen LogP contribution in [0.2, 0.25) is 0 Å². The average molecular weight is 853 g/mol. The second kappa shape index (κ2) is 12.5. The van der Waals surface area contributed by atoms with Crippen LogP contribution in [0.25, 0.3) is 174 Å². The lowest BCUT2D eigenvalue weighted by Crippen LogP contribution is -1.93. The highest BCUT2D eigenvalue weighted by Gasteiger charge is 2.31. The normalized spacial score (nSPS) is 12.7. The van der Waals surface area contributed by atoms with Crippen molar-refractivity contribution in [3.8, 4) is 44.5 Å². The largest absolute Gasteiger partial charge is 0.0622 e. The molecule has 0 saturated carbocycles. The molecule has 0 unspecified atom stereocenters. The zero-order valence-corrected chi connectivity index (χ0v) is 36.8. The molecule has 0 aliphatic carbocycles. The van der Waals surface area contributed by atoms with Gasteiger partial charge in [0.05, 0.1) is 0 Å². The highest BCUT2D eigenvalue weighted by Crippen LogP contribution is 2.60. The van der Waals surface area contributed by atoms with Crippen LogP contribution in [0.1, 0.15) is 0 Å². The quantitative estimate of drug-likeness (QED) is 0.122. The van der Waals surface area contributed by atoms with Crippen LogP contribution in [-0.4, -0.2) is 0 Å². The average Bonchev–Trinajstić information content (AvgIpc) is 3.90. The van der Waals surface area contributed by atoms with Crippen LogP contribution in [0.15, 0.2) is 218 Å². The second-order valence-corrected chi connectivity index (χ2v) is 19.3. The van der Waals surface area contributed by atoms with Crippen LogP contribution < -0.4 is 0 Å². The number of fused-ring (bicyclic) bond motifs is 8. The number of hydrogen-bond donors (Lipinski definition) is 0. The summed E-state index contributed by atoms with van der Waals surface area (Å²) in [5.41, 5.74) is 10.3. The molecular weight excluding hydrogens is 817 g/mol. The van der Waals surface area contributed by atoms with Crippen molar-refractivity contribution in [2.75, 3.05) is 0 Å². The summed E-state index contributed by atoms with van der Waals surface area (Å²) in [6.45, 7) is 0. The summed E-state index contributed by atoms with van der Waals surface area (Å²) in [4.78, 5) is 0. The Morgan fingerprint density at radius 1 is 0.147 bits per heavy atom. The van der Waals surface area contributed by atoms with Gasteiger partial charge in [-0.2, -0.15) is 0 Å². The summed E-state index contributed by atoms with van der Waals surface area (Å²) >= 11 is 0. The topological polar surface area (TPSA) is 0 Å². The molecule has 0 spiro atoms. The van der Waals surface area contributed by atoms with Crippen molar-refractivity contribution >= 4 is 129 Å². The van der Waals surface area contributed by atoms with Gasteiger partial charge in [0.25, 0.3) is 0 Å². The first-order valence-corrected chi connectivity index (χ1v) is 23.9. The SMILES string of the molecule is c1ccc(-c2c3ccccc3c(-c3ccccc3)c3c4cc5ccc6cc7c8c(-c9ccccc9)c9ccccc9c(-c9ccccc9)c8c8cc9ccc%10cc(c23)c4c2c%10c9c(c87)c6c52)cc1. The van der Waals surface area contributed by atoms with Gasteiger partial charge in [-0.3, -0.25) is 0 Å². The standard InChI is InChI=1S/C68H36/c1-5-17-37(18-6-1)53-45-25-13-14-26-46(45)54(38-19-7-2-8-20-38)64-50-34-42-31-32-44-36-52-62-51(35-43-30-29-41-33-49(63(53)64)61(50)67-57(41)59(43)68(62)60(44)58(42)67)65-55(39-21-9-3-10-22-39)47-27-15-16-28-48(47)56(66(52)65)40-23-11-4-12-24-40/h1-36H. The van der Waals surface area contributed by atoms with Crippen molar-refractivity contribution in [2.45, 2.75) is 0 Å². The molecule has 17 aromatic carbocycles. The minimum Gasteiger partial charge on any atom is -0.0622 e. The molecule has 17 rings (SSSR count). The lowest BCUT2D eigenvalue weighted by molar-refractivity contribution is 1.67.